The molecule has 2 saturated heterocycles. The molecule has 3 atom stereocenters. The molecular weight excluding hydrogens is 625 g/mol. The first-order valence-corrected chi connectivity index (χ1v) is 16.0. The van der Waals surface area contributed by atoms with E-state index in [2.05, 4.69) is 10.6 Å². The van der Waals surface area contributed by atoms with Crippen molar-refractivity contribution < 1.29 is 22.8 Å². The fourth-order valence-corrected chi connectivity index (χ4v) is 7.63. The van der Waals surface area contributed by atoms with E-state index in [0.717, 1.165) is 9.87 Å². The highest BCUT2D eigenvalue weighted by molar-refractivity contribution is 7.89. The van der Waals surface area contributed by atoms with Crippen LogP contribution in [-0.2, 0) is 26.0 Å². The number of piperazine rings is 1. The molecule has 0 spiro atoms. The van der Waals surface area contributed by atoms with Crippen molar-refractivity contribution in [3.05, 3.63) is 63.1 Å². The summed E-state index contributed by atoms with van der Waals surface area (Å²) in [5.41, 5.74) is 0.105. The third-order valence-electron chi connectivity index (χ3n) is 7.07. The standard InChI is InChI=1S/C28H34Cl3N5O5S/c1-16(2)34-15-24-35(42(40,41)23-11-10-19(30)13-20(23)31)14-21(32-27(39)33-28(3,4)5)25(37)36(24)22(26(34)38)12-17-6-8-18(29)9-7-17/h6-11,13,16,21-22,24H,12,14-15H2,1-5H3,(H2,32,33,39). The molecule has 42 heavy (non-hydrogen) atoms. The van der Waals surface area contributed by atoms with Gasteiger partial charge in [0.1, 0.15) is 23.1 Å². The smallest absolute Gasteiger partial charge is 0.315 e. The average molecular weight is 659 g/mol. The molecule has 228 valence electrons. The van der Waals surface area contributed by atoms with E-state index in [4.69, 9.17) is 34.8 Å². The molecule has 14 heteroatoms. The molecule has 2 heterocycles. The predicted molar refractivity (Wildman–Crippen MR) is 162 cm³/mol. The molecule has 0 aromatic heterocycles. The molecular formula is C28H34Cl3N5O5S. The normalized spacial score (nSPS) is 21.9. The van der Waals surface area contributed by atoms with Crippen LogP contribution in [0.15, 0.2) is 47.4 Å². The zero-order chi connectivity index (χ0) is 31.1. The topological polar surface area (TPSA) is 119 Å². The lowest BCUT2D eigenvalue weighted by molar-refractivity contribution is -0.168. The molecule has 4 rings (SSSR count). The van der Waals surface area contributed by atoms with Crippen LogP contribution in [0.4, 0.5) is 4.79 Å². The summed E-state index contributed by atoms with van der Waals surface area (Å²) in [6.45, 7) is 8.54. The molecule has 2 N–H and O–H groups in total. The Bertz CT molecular complexity index is 1480. The number of sulfonamides is 1. The number of hydrogen-bond acceptors (Lipinski definition) is 5. The van der Waals surface area contributed by atoms with Gasteiger partial charge in [-0.15, -0.1) is 0 Å². The van der Waals surface area contributed by atoms with Crippen LogP contribution in [0.25, 0.3) is 0 Å². The van der Waals surface area contributed by atoms with Crippen molar-refractivity contribution in [2.24, 2.45) is 0 Å². The van der Waals surface area contributed by atoms with Gasteiger partial charge >= 0.3 is 6.03 Å². The Hall–Kier alpha value is -2.57. The van der Waals surface area contributed by atoms with Crippen LogP contribution in [0.5, 0.6) is 0 Å². The number of hydrogen-bond donors (Lipinski definition) is 2. The van der Waals surface area contributed by atoms with Gasteiger partial charge in [-0.3, -0.25) is 9.59 Å². The first-order chi connectivity index (χ1) is 19.5. The number of nitrogens with one attached hydrogen (secondary N) is 2. The van der Waals surface area contributed by atoms with Gasteiger partial charge < -0.3 is 20.4 Å². The van der Waals surface area contributed by atoms with E-state index in [1.54, 1.807) is 49.9 Å². The number of benzene rings is 2. The Balaban J connectivity index is 1.83. The minimum atomic E-state index is -4.35. The SMILES string of the molecule is CC(C)N1CC2N(C(=O)C(NC(=O)NC(C)(C)C)CN2S(=O)(=O)c2ccc(Cl)cc2Cl)C(Cc2ccc(Cl)cc2)C1=O. The fraction of sp³-hybridized carbons (Fsp3) is 0.464. The summed E-state index contributed by atoms with van der Waals surface area (Å²) in [7, 11) is -4.35. The van der Waals surface area contributed by atoms with Gasteiger partial charge in [-0.25, -0.2) is 13.2 Å². The molecule has 4 amide bonds. The van der Waals surface area contributed by atoms with E-state index in [1.807, 2.05) is 13.8 Å². The van der Waals surface area contributed by atoms with Crippen LogP contribution in [0.3, 0.4) is 0 Å². The van der Waals surface area contributed by atoms with Crippen LogP contribution in [0.1, 0.15) is 40.2 Å². The van der Waals surface area contributed by atoms with Crippen molar-refractivity contribution in [2.45, 2.75) is 75.8 Å². The summed E-state index contributed by atoms with van der Waals surface area (Å²) >= 11 is 18.5. The number of carbonyl (C=O) groups is 3. The number of halogens is 3. The lowest BCUT2D eigenvalue weighted by Crippen LogP contribution is -2.76. The van der Waals surface area contributed by atoms with E-state index in [0.29, 0.717) is 5.02 Å². The van der Waals surface area contributed by atoms with Crippen molar-refractivity contribution in [2.75, 3.05) is 13.1 Å². The molecule has 0 bridgehead atoms. The van der Waals surface area contributed by atoms with Gasteiger partial charge in [0.25, 0.3) is 0 Å². The largest absolute Gasteiger partial charge is 0.335 e. The number of nitrogens with zero attached hydrogens (tertiary/aromatic N) is 3. The van der Waals surface area contributed by atoms with Gasteiger partial charge in [0, 0.05) is 34.6 Å². The van der Waals surface area contributed by atoms with E-state index < -0.39 is 45.7 Å². The Kier molecular flexibility index (Phi) is 9.40. The van der Waals surface area contributed by atoms with Gasteiger partial charge in [-0.2, -0.15) is 4.31 Å². The number of carbonyl (C=O) groups excluding carboxylic acids is 3. The maximum Gasteiger partial charge on any atom is 0.315 e. The van der Waals surface area contributed by atoms with Crippen molar-refractivity contribution in [3.63, 3.8) is 0 Å². The lowest BCUT2D eigenvalue weighted by atomic mass is 9.96. The van der Waals surface area contributed by atoms with Crippen LogP contribution in [0.2, 0.25) is 15.1 Å². The van der Waals surface area contributed by atoms with Crippen LogP contribution >= 0.6 is 34.8 Å². The highest BCUT2D eigenvalue weighted by Gasteiger charge is 2.54. The van der Waals surface area contributed by atoms with E-state index >= 15 is 0 Å². The summed E-state index contributed by atoms with van der Waals surface area (Å²) in [5, 5.41) is 6.04. The lowest BCUT2D eigenvalue weighted by Gasteiger charge is -2.54. The number of fused-ring (bicyclic) bond motifs is 1. The van der Waals surface area contributed by atoms with Crippen LogP contribution < -0.4 is 10.6 Å². The second-order valence-electron chi connectivity index (χ2n) is 11.7. The van der Waals surface area contributed by atoms with E-state index in [9.17, 15) is 22.8 Å². The Labute approximate surface area is 261 Å². The van der Waals surface area contributed by atoms with E-state index in [1.165, 1.54) is 23.1 Å². The molecule has 2 aliphatic heterocycles. The highest BCUT2D eigenvalue weighted by atomic mass is 35.5. The molecule has 0 radical (unpaired) electrons. The Morgan fingerprint density at radius 1 is 0.976 bits per heavy atom. The third kappa shape index (κ3) is 6.81. The van der Waals surface area contributed by atoms with Gasteiger partial charge in [-0.05, 0) is 70.5 Å². The minimum absolute atomic E-state index is 0.0648. The maximum atomic E-state index is 14.2. The molecule has 0 aliphatic carbocycles. The summed E-state index contributed by atoms with van der Waals surface area (Å²) in [5.74, 6) is -0.889. The fourth-order valence-electron chi connectivity index (χ4n) is 5.17. The molecule has 0 saturated carbocycles. The van der Waals surface area contributed by atoms with Crippen LogP contribution in [0, 0.1) is 0 Å². The second-order valence-corrected chi connectivity index (χ2v) is 14.8. The molecule has 2 aliphatic rings. The monoisotopic (exact) mass is 657 g/mol. The van der Waals surface area contributed by atoms with Gasteiger partial charge in [0.05, 0.1) is 11.6 Å². The van der Waals surface area contributed by atoms with Gasteiger partial charge in [-0.1, -0.05) is 46.9 Å². The van der Waals surface area contributed by atoms with Gasteiger partial charge in [0.2, 0.25) is 21.8 Å². The van der Waals surface area contributed by atoms with Gasteiger partial charge in [0.15, 0.2) is 0 Å². The molecule has 10 nitrogen and oxygen atoms in total. The zero-order valence-electron chi connectivity index (χ0n) is 23.9. The molecule has 2 aromatic rings. The zero-order valence-corrected chi connectivity index (χ0v) is 27.0. The first kappa shape index (κ1) is 32.3. The number of amides is 4. The first-order valence-electron chi connectivity index (χ1n) is 13.4. The Morgan fingerprint density at radius 3 is 2.17 bits per heavy atom. The maximum absolute atomic E-state index is 14.2. The summed E-state index contributed by atoms with van der Waals surface area (Å²) in [4.78, 5) is 43.5. The Morgan fingerprint density at radius 2 is 1.60 bits per heavy atom. The van der Waals surface area contributed by atoms with Crippen molar-refractivity contribution in [1.29, 1.82) is 0 Å². The molecule has 3 unspecified atom stereocenters. The number of rotatable bonds is 6. The highest BCUT2D eigenvalue weighted by Crippen LogP contribution is 2.35. The summed E-state index contributed by atoms with van der Waals surface area (Å²) in [6.07, 6.45) is -0.951. The van der Waals surface area contributed by atoms with Crippen molar-refractivity contribution in [3.8, 4) is 0 Å². The average Bonchev–Trinajstić information content (AvgIpc) is 2.86. The minimum Gasteiger partial charge on any atom is -0.335 e. The quantitative estimate of drug-likeness (QED) is 0.484. The summed E-state index contributed by atoms with van der Waals surface area (Å²) in [6, 6.07) is 7.64. The molecule has 2 fully saturated rings. The van der Waals surface area contributed by atoms with Crippen molar-refractivity contribution >= 4 is 62.7 Å². The summed E-state index contributed by atoms with van der Waals surface area (Å²) < 4.78 is 29.6. The number of urea groups is 1. The van der Waals surface area contributed by atoms with Crippen molar-refractivity contribution in [1.82, 2.24) is 24.7 Å². The van der Waals surface area contributed by atoms with E-state index in [-0.39, 0.29) is 46.4 Å². The molecule has 2 aromatic carbocycles. The third-order valence-corrected chi connectivity index (χ3v) is 9.91. The second kappa shape index (κ2) is 12.2. The van der Waals surface area contributed by atoms with Crippen LogP contribution in [-0.4, -0.2) is 83.3 Å². The predicted octanol–water partition coefficient (Wildman–Crippen LogP) is 4.13.